The third-order valence-corrected chi connectivity index (χ3v) is 3.35. The number of hydrogen-bond acceptors (Lipinski definition) is 3. The maximum atomic E-state index is 6.17. The van der Waals surface area contributed by atoms with Crippen molar-refractivity contribution >= 4 is 0 Å². The topological polar surface area (TPSA) is 50.9 Å². The van der Waals surface area contributed by atoms with Gasteiger partial charge < -0.3 is 11.1 Å². The van der Waals surface area contributed by atoms with Gasteiger partial charge in [0.1, 0.15) is 0 Å². The number of rotatable bonds is 7. The first-order valence-electron chi connectivity index (χ1n) is 6.82. The second-order valence-corrected chi connectivity index (χ2v) is 4.99. The summed E-state index contributed by atoms with van der Waals surface area (Å²) in [4.78, 5) is 4.39. The Labute approximate surface area is 109 Å². The Hall–Kier alpha value is -1.19. The quantitative estimate of drug-likeness (QED) is 0.573. The van der Waals surface area contributed by atoms with Gasteiger partial charge in [-0.3, -0.25) is 4.98 Å². The SMILES string of the molecule is CNCC/C=C/C[C@H](N)c1cc(C2CC2)ccn1. The Balaban J connectivity index is 1.85. The van der Waals surface area contributed by atoms with Crippen LogP contribution in [0.4, 0.5) is 0 Å². The summed E-state index contributed by atoms with van der Waals surface area (Å²) in [6, 6.07) is 4.33. The highest BCUT2D eigenvalue weighted by atomic mass is 14.8. The summed E-state index contributed by atoms with van der Waals surface area (Å²) in [6.45, 7) is 1.02. The van der Waals surface area contributed by atoms with Crippen molar-refractivity contribution < 1.29 is 0 Å². The first kappa shape index (κ1) is 13.2. The minimum atomic E-state index is 0.0227. The van der Waals surface area contributed by atoms with Crippen molar-refractivity contribution in [2.75, 3.05) is 13.6 Å². The molecule has 2 rings (SSSR count). The maximum absolute atomic E-state index is 6.17. The van der Waals surface area contributed by atoms with Gasteiger partial charge in [-0.1, -0.05) is 12.2 Å². The fourth-order valence-corrected chi connectivity index (χ4v) is 2.05. The van der Waals surface area contributed by atoms with E-state index in [1.807, 2.05) is 13.2 Å². The molecule has 0 saturated heterocycles. The Morgan fingerprint density at radius 1 is 1.50 bits per heavy atom. The van der Waals surface area contributed by atoms with Crippen LogP contribution >= 0.6 is 0 Å². The molecule has 3 nitrogen and oxygen atoms in total. The average molecular weight is 245 g/mol. The summed E-state index contributed by atoms with van der Waals surface area (Å²) in [5, 5.41) is 3.12. The van der Waals surface area contributed by atoms with Crippen molar-refractivity contribution in [2.45, 2.75) is 37.6 Å². The van der Waals surface area contributed by atoms with Crippen LogP contribution in [0.25, 0.3) is 0 Å². The van der Waals surface area contributed by atoms with Gasteiger partial charge in [0.2, 0.25) is 0 Å². The molecule has 1 aliphatic rings. The van der Waals surface area contributed by atoms with Gasteiger partial charge in [-0.15, -0.1) is 0 Å². The molecule has 0 unspecified atom stereocenters. The molecule has 0 radical (unpaired) electrons. The fourth-order valence-electron chi connectivity index (χ4n) is 2.05. The van der Waals surface area contributed by atoms with Crippen molar-refractivity contribution in [3.05, 3.63) is 41.7 Å². The zero-order valence-electron chi connectivity index (χ0n) is 11.1. The molecule has 1 aliphatic carbocycles. The summed E-state index contributed by atoms with van der Waals surface area (Å²) in [6.07, 6.45) is 10.8. The van der Waals surface area contributed by atoms with Gasteiger partial charge in [-0.25, -0.2) is 0 Å². The van der Waals surface area contributed by atoms with Gasteiger partial charge in [0.15, 0.2) is 0 Å². The Morgan fingerprint density at radius 2 is 2.33 bits per heavy atom. The molecule has 0 amide bonds. The number of nitrogens with one attached hydrogen (secondary N) is 1. The van der Waals surface area contributed by atoms with Crippen LogP contribution in [-0.4, -0.2) is 18.6 Å². The first-order valence-corrected chi connectivity index (χ1v) is 6.82. The normalized spacial score (nSPS) is 17.2. The van der Waals surface area contributed by atoms with Crippen molar-refractivity contribution in [2.24, 2.45) is 5.73 Å². The van der Waals surface area contributed by atoms with Crippen LogP contribution in [0.1, 0.15) is 48.9 Å². The van der Waals surface area contributed by atoms with E-state index in [1.54, 1.807) is 0 Å². The Kier molecular flexibility index (Phi) is 4.90. The third kappa shape index (κ3) is 3.93. The molecule has 98 valence electrons. The lowest BCUT2D eigenvalue weighted by Crippen LogP contribution is -2.11. The summed E-state index contributed by atoms with van der Waals surface area (Å²) in [7, 11) is 1.97. The zero-order valence-corrected chi connectivity index (χ0v) is 11.1. The molecule has 3 heteroatoms. The minimum Gasteiger partial charge on any atom is -0.322 e. The molecule has 0 aromatic carbocycles. The molecular weight excluding hydrogens is 222 g/mol. The van der Waals surface area contributed by atoms with Crippen LogP contribution in [0.3, 0.4) is 0 Å². The first-order chi connectivity index (χ1) is 8.81. The molecular formula is C15H23N3. The summed E-state index contributed by atoms with van der Waals surface area (Å²) in [5.41, 5.74) is 8.61. The molecule has 1 saturated carbocycles. The van der Waals surface area contributed by atoms with Gasteiger partial charge in [0.25, 0.3) is 0 Å². The predicted molar refractivity (Wildman–Crippen MR) is 75.4 cm³/mol. The standard InChI is InChI=1S/C15H23N3/c1-17-9-4-2-3-5-14(16)15-11-13(8-10-18-15)12-6-7-12/h2-3,8,10-12,14,17H,4-7,9,16H2,1H3/b3-2+/t14-/m0/s1. The number of aromatic nitrogens is 1. The minimum absolute atomic E-state index is 0.0227. The molecule has 1 aromatic rings. The van der Waals surface area contributed by atoms with Gasteiger partial charge >= 0.3 is 0 Å². The molecule has 0 bridgehead atoms. The zero-order chi connectivity index (χ0) is 12.8. The summed E-state index contributed by atoms with van der Waals surface area (Å²) in [5.74, 6) is 0.769. The smallest absolute Gasteiger partial charge is 0.0576 e. The lowest BCUT2D eigenvalue weighted by atomic mass is 10.1. The van der Waals surface area contributed by atoms with E-state index in [2.05, 4.69) is 34.6 Å². The summed E-state index contributed by atoms with van der Waals surface area (Å²) >= 11 is 0. The van der Waals surface area contributed by atoms with Gasteiger partial charge in [0, 0.05) is 6.20 Å². The highest BCUT2D eigenvalue weighted by Gasteiger charge is 2.24. The monoisotopic (exact) mass is 245 g/mol. The molecule has 0 aliphatic heterocycles. The predicted octanol–water partition coefficient (Wildman–Crippen LogP) is 2.51. The van der Waals surface area contributed by atoms with Gasteiger partial charge in [-0.05, 0) is 62.9 Å². The van der Waals surface area contributed by atoms with Crippen LogP contribution in [0.5, 0.6) is 0 Å². The highest BCUT2D eigenvalue weighted by molar-refractivity contribution is 5.26. The molecule has 1 aromatic heterocycles. The van der Waals surface area contributed by atoms with E-state index in [1.165, 1.54) is 18.4 Å². The van der Waals surface area contributed by atoms with Gasteiger partial charge in [0.05, 0.1) is 11.7 Å². The largest absolute Gasteiger partial charge is 0.322 e. The van der Waals surface area contributed by atoms with Crippen molar-refractivity contribution in [3.8, 4) is 0 Å². The number of hydrogen-bond donors (Lipinski definition) is 2. The van der Waals surface area contributed by atoms with E-state index in [0.717, 1.165) is 31.0 Å². The number of pyridine rings is 1. The Bertz CT molecular complexity index is 396. The molecule has 1 atom stereocenters. The van der Waals surface area contributed by atoms with Crippen LogP contribution in [-0.2, 0) is 0 Å². The average Bonchev–Trinajstić information content (AvgIpc) is 3.23. The van der Waals surface area contributed by atoms with E-state index >= 15 is 0 Å². The van der Waals surface area contributed by atoms with Crippen LogP contribution in [0.15, 0.2) is 30.5 Å². The molecule has 1 fully saturated rings. The maximum Gasteiger partial charge on any atom is 0.0576 e. The Morgan fingerprint density at radius 3 is 3.06 bits per heavy atom. The molecule has 18 heavy (non-hydrogen) atoms. The van der Waals surface area contributed by atoms with E-state index in [9.17, 15) is 0 Å². The van der Waals surface area contributed by atoms with Crippen molar-refractivity contribution in [1.29, 1.82) is 0 Å². The third-order valence-electron chi connectivity index (χ3n) is 3.35. The van der Waals surface area contributed by atoms with E-state index in [0.29, 0.717) is 0 Å². The van der Waals surface area contributed by atoms with E-state index in [-0.39, 0.29) is 6.04 Å². The molecule has 3 N–H and O–H groups in total. The molecule has 0 spiro atoms. The van der Waals surface area contributed by atoms with Crippen molar-refractivity contribution in [1.82, 2.24) is 10.3 Å². The van der Waals surface area contributed by atoms with E-state index < -0.39 is 0 Å². The second-order valence-electron chi connectivity index (χ2n) is 4.99. The fraction of sp³-hybridized carbons (Fsp3) is 0.533. The lowest BCUT2D eigenvalue weighted by molar-refractivity contribution is 0.707. The van der Waals surface area contributed by atoms with Crippen LogP contribution in [0, 0.1) is 0 Å². The van der Waals surface area contributed by atoms with Crippen molar-refractivity contribution in [3.63, 3.8) is 0 Å². The second kappa shape index (κ2) is 6.66. The van der Waals surface area contributed by atoms with E-state index in [4.69, 9.17) is 5.73 Å². The van der Waals surface area contributed by atoms with Crippen LogP contribution < -0.4 is 11.1 Å². The highest BCUT2D eigenvalue weighted by Crippen LogP contribution is 2.40. The van der Waals surface area contributed by atoms with Gasteiger partial charge in [-0.2, -0.15) is 0 Å². The lowest BCUT2D eigenvalue weighted by Gasteiger charge is -2.09. The molecule has 1 heterocycles. The number of nitrogens with zero attached hydrogens (tertiary/aromatic N) is 1. The number of nitrogens with two attached hydrogens (primary N) is 1. The van der Waals surface area contributed by atoms with Crippen LogP contribution in [0.2, 0.25) is 0 Å². The summed E-state index contributed by atoms with van der Waals surface area (Å²) < 4.78 is 0.